The van der Waals surface area contributed by atoms with Crippen LogP contribution in [-0.4, -0.2) is 40.4 Å². The molecule has 1 N–H and O–H groups in total. The molecule has 6 heteroatoms. The zero-order valence-electron chi connectivity index (χ0n) is 11.2. The highest BCUT2D eigenvalue weighted by Crippen LogP contribution is 2.20. The summed E-state index contributed by atoms with van der Waals surface area (Å²) < 4.78 is 0. The summed E-state index contributed by atoms with van der Waals surface area (Å²) in [6.45, 7) is 4.11. The Morgan fingerprint density at radius 1 is 1.50 bits per heavy atom. The summed E-state index contributed by atoms with van der Waals surface area (Å²) in [5.41, 5.74) is 1.12. The van der Waals surface area contributed by atoms with Gasteiger partial charge >= 0.3 is 0 Å². The van der Waals surface area contributed by atoms with E-state index in [1.54, 1.807) is 12.4 Å². The van der Waals surface area contributed by atoms with Crippen molar-refractivity contribution in [3.63, 3.8) is 0 Å². The molecule has 104 valence electrons. The van der Waals surface area contributed by atoms with Crippen molar-refractivity contribution in [2.75, 3.05) is 19.6 Å². The summed E-state index contributed by atoms with van der Waals surface area (Å²) in [4.78, 5) is 23.3. The number of piperazine rings is 1. The Morgan fingerprint density at radius 3 is 3.10 bits per heavy atom. The van der Waals surface area contributed by atoms with Crippen molar-refractivity contribution < 1.29 is 4.79 Å². The number of aryl methyl sites for hydroxylation is 1. The average molecular weight is 288 g/mol. The first kappa shape index (κ1) is 13.2. The molecule has 1 aliphatic rings. The van der Waals surface area contributed by atoms with Crippen molar-refractivity contribution in [2.45, 2.75) is 13.0 Å². The number of thiazole rings is 1. The molecule has 1 aliphatic heterocycles. The van der Waals surface area contributed by atoms with E-state index in [0.717, 1.165) is 23.7 Å². The first-order chi connectivity index (χ1) is 9.74. The molecule has 1 unspecified atom stereocenters. The second-order valence-electron chi connectivity index (χ2n) is 4.79. The van der Waals surface area contributed by atoms with Crippen molar-refractivity contribution in [2.24, 2.45) is 0 Å². The van der Waals surface area contributed by atoms with Gasteiger partial charge in [0.1, 0.15) is 4.88 Å². The molecule has 5 nitrogen and oxygen atoms in total. The summed E-state index contributed by atoms with van der Waals surface area (Å²) in [6.07, 6.45) is 5.28. The lowest BCUT2D eigenvalue weighted by molar-refractivity contribution is 0.0707. The van der Waals surface area contributed by atoms with Crippen LogP contribution >= 0.6 is 11.3 Å². The SMILES string of the molecule is Cc1ncc(C(=O)N2CCNC(c3cccnc3)C2)s1. The zero-order chi connectivity index (χ0) is 13.9. The molecule has 0 spiro atoms. The number of aromatic nitrogens is 2. The summed E-state index contributed by atoms with van der Waals surface area (Å²) in [5, 5.41) is 4.35. The molecule has 0 saturated carbocycles. The highest BCUT2D eigenvalue weighted by Gasteiger charge is 2.26. The summed E-state index contributed by atoms with van der Waals surface area (Å²) in [7, 11) is 0. The van der Waals surface area contributed by atoms with Crippen LogP contribution in [0.3, 0.4) is 0 Å². The Balaban J connectivity index is 1.74. The predicted octanol–water partition coefficient (Wildman–Crippen LogP) is 1.63. The van der Waals surface area contributed by atoms with E-state index in [1.807, 2.05) is 30.2 Å². The minimum Gasteiger partial charge on any atom is -0.335 e. The van der Waals surface area contributed by atoms with Gasteiger partial charge in [-0.25, -0.2) is 4.98 Å². The molecule has 1 amide bonds. The first-order valence-electron chi connectivity index (χ1n) is 6.59. The van der Waals surface area contributed by atoms with Crippen LogP contribution in [-0.2, 0) is 0 Å². The molecule has 0 bridgehead atoms. The molecule has 20 heavy (non-hydrogen) atoms. The molecule has 2 aromatic rings. The van der Waals surface area contributed by atoms with E-state index in [4.69, 9.17) is 0 Å². The molecular weight excluding hydrogens is 272 g/mol. The number of hydrogen-bond donors (Lipinski definition) is 1. The first-order valence-corrected chi connectivity index (χ1v) is 7.40. The van der Waals surface area contributed by atoms with E-state index in [9.17, 15) is 4.79 Å². The quantitative estimate of drug-likeness (QED) is 0.912. The summed E-state index contributed by atoms with van der Waals surface area (Å²) in [5.74, 6) is 0.0750. The molecule has 1 atom stereocenters. The zero-order valence-corrected chi connectivity index (χ0v) is 12.1. The van der Waals surface area contributed by atoms with E-state index < -0.39 is 0 Å². The second-order valence-corrected chi connectivity index (χ2v) is 6.02. The molecule has 0 aromatic carbocycles. The van der Waals surface area contributed by atoms with Gasteiger partial charge in [-0.15, -0.1) is 11.3 Å². The number of nitrogens with zero attached hydrogens (tertiary/aromatic N) is 3. The number of carbonyl (C=O) groups is 1. The maximum atomic E-state index is 12.4. The third-order valence-corrected chi connectivity index (χ3v) is 4.28. The van der Waals surface area contributed by atoms with Crippen LogP contribution in [0, 0.1) is 6.92 Å². The smallest absolute Gasteiger partial charge is 0.265 e. The topological polar surface area (TPSA) is 58.1 Å². The molecule has 3 rings (SSSR count). The fourth-order valence-electron chi connectivity index (χ4n) is 2.36. The molecule has 3 heterocycles. The number of hydrogen-bond acceptors (Lipinski definition) is 5. The van der Waals surface area contributed by atoms with E-state index in [0.29, 0.717) is 11.4 Å². The Hall–Kier alpha value is -1.79. The lowest BCUT2D eigenvalue weighted by Gasteiger charge is -2.33. The van der Waals surface area contributed by atoms with Gasteiger partial charge in [-0.3, -0.25) is 9.78 Å². The Kier molecular flexibility index (Phi) is 3.75. The molecule has 1 fully saturated rings. The number of pyridine rings is 1. The van der Waals surface area contributed by atoms with E-state index in [2.05, 4.69) is 15.3 Å². The monoisotopic (exact) mass is 288 g/mol. The van der Waals surface area contributed by atoms with Crippen LogP contribution in [0.25, 0.3) is 0 Å². The van der Waals surface area contributed by atoms with E-state index >= 15 is 0 Å². The van der Waals surface area contributed by atoms with Crippen LogP contribution in [0.4, 0.5) is 0 Å². The molecular formula is C14H16N4OS. The summed E-state index contributed by atoms with van der Waals surface area (Å²) >= 11 is 1.45. The maximum absolute atomic E-state index is 12.4. The third kappa shape index (κ3) is 2.71. The predicted molar refractivity (Wildman–Crippen MR) is 77.7 cm³/mol. The van der Waals surface area contributed by atoms with Gasteiger partial charge in [-0.2, -0.15) is 0 Å². The highest BCUT2D eigenvalue weighted by molar-refractivity contribution is 7.13. The van der Waals surface area contributed by atoms with Crippen LogP contribution < -0.4 is 5.32 Å². The van der Waals surface area contributed by atoms with Crippen LogP contribution in [0.15, 0.2) is 30.7 Å². The van der Waals surface area contributed by atoms with Gasteiger partial charge in [-0.1, -0.05) is 6.07 Å². The van der Waals surface area contributed by atoms with Gasteiger partial charge in [0.2, 0.25) is 0 Å². The van der Waals surface area contributed by atoms with Crippen LogP contribution in [0.2, 0.25) is 0 Å². The maximum Gasteiger partial charge on any atom is 0.265 e. The van der Waals surface area contributed by atoms with Crippen molar-refractivity contribution in [3.8, 4) is 0 Å². The van der Waals surface area contributed by atoms with Gasteiger partial charge in [0.25, 0.3) is 5.91 Å². The molecule has 0 radical (unpaired) electrons. The molecule has 2 aromatic heterocycles. The van der Waals surface area contributed by atoms with Gasteiger partial charge in [-0.05, 0) is 18.6 Å². The highest BCUT2D eigenvalue weighted by atomic mass is 32.1. The van der Waals surface area contributed by atoms with E-state index in [-0.39, 0.29) is 11.9 Å². The number of rotatable bonds is 2. The van der Waals surface area contributed by atoms with Crippen molar-refractivity contribution in [3.05, 3.63) is 46.2 Å². The molecule has 1 saturated heterocycles. The number of nitrogens with one attached hydrogen (secondary N) is 1. The average Bonchev–Trinajstić information content (AvgIpc) is 2.94. The van der Waals surface area contributed by atoms with Gasteiger partial charge in [0.05, 0.1) is 17.2 Å². The fourth-order valence-corrected chi connectivity index (χ4v) is 3.10. The minimum atomic E-state index is 0.0750. The standard InChI is InChI=1S/C14H16N4OS/c1-10-17-8-13(20-10)14(19)18-6-5-16-12(9-18)11-3-2-4-15-7-11/h2-4,7-8,12,16H,5-6,9H2,1H3. The Bertz CT molecular complexity index is 598. The van der Waals surface area contributed by atoms with Crippen LogP contribution in [0.1, 0.15) is 26.3 Å². The van der Waals surface area contributed by atoms with Crippen molar-refractivity contribution in [1.82, 2.24) is 20.2 Å². The van der Waals surface area contributed by atoms with Crippen molar-refractivity contribution in [1.29, 1.82) is 0 Å². The van der Waals surface area contributed by atoms with E-state index in [1.165, 1.54) is 11.3 Å². The van der Waals surface area contributed by atoms with Gasteiger partial charge < -0.3 is 10.2 Å². The van der Waals surface area contributed by atoms with Gasteiger partial charge in [0, 0.05) is 32.0 Å². The number of carbonyl (C=O) groups excluding carboxylic acids is 1. The lowest BCUT2D eigenvalue weighted by Crippen LogP contribution is -2.48. The largest absolute Gasteiger partial charge is 0.335 e. The third-order valence-electron chi connectivity index (χ3n) is 3.38. The van der Waals surface area contributed by atoms with Crippen LogP contribution in [0.5, 0.6) is 0 Å². The Morgan fingerprint density at radius 2 is 2.40 bits per heavy atom. The van der Waals surface area contributed by atoms with Crippen molar-refractivity contribution >= 4 is 17.2 Å². The Labute approximate surface area is 121 Å². The minimum absolute atomic E-state index is 0.0750. The number of amides is 1. The second kappa shape index (κ2) is 5.68. The fraction of sp³-hybridized carbons (Fsp3) is 0.357. The van der Waals surface area contributed by atoms with Gasteiger partial charge in [0.15, 0.2) is 0 Å². The lowest BCUT2D eigenvalue weighted by atomic mass is 10.1. The summed E-state index contributed by atoms with van der Waals surface area (Å²) in [6, 6.07) is 4.11. The molecule has 0 aliphatic carbocycles. The normalized spacial score (nSPS) is 19.1.